The summed E-state index contributed by atoms with van der Waals surface area (Å²) in [7, 11) is 1.22. The van der Waals surface area contributed by atoms with Crippen LogP contribution >= 0.6 is 0 Å². The summed E-state index contributed by atoms with van der Waals surface area (Å²) in [5.41, 5.74) is 1.32. The van der Waals surface area contributed by atoms with E-state index in [4.69, 9.17) is 0 Å². The highest BCUT2D eigenvalue weighted by atomic mass is 19.3. The van der Waals surface area contributed by atoms with E-state index < -0.39 is 24.7 Å². The molecule has 0 bridgehead atoms. The minimum absolute atomic E-state index is 0.00364. The van der Waals surface area contributed by atoms with Gasteiger partial charge in [-0.3, -0.25) is 19.1 Å². The van der Waals surface area contributed by atoms with Crippen LogP contribution < -0.4 is 5.32 Å². The molecule has 6 aromatic rings. The lowest BCUT2D eigenvalue weighted by molar-refractivity contribution is 0.0593. The Morgan fingerprint density at radius 1 is 0.875 bits per heavy atom. The van der Waals surface area contributed by atoms with Crippen molar-refractivity contribution in [1.29, 1.82) is 0 Å². The molecule has 6 heterocycles. The number of carbonyl (C=O) groups is 2. The number of pyridine rings is 3. The number of alkyl halides is 4. The van der Waals surface area contributed by atoms with Crippen molar-refractivity contribution in [1.82, 2.24) is 54.7 Å². The molecule has 0 spiro atoms. The van der Waals surface area contributed by atoms with Gasteiger partial charge in [-0.2, -0.15) is 10.2 Å². The number of carbonyl (C=O) groups excluding carboxylic acids is 2. The molecule has 1 amide bonds. The predicted octanol–water partition coefficient (Wildman–Crippen LogP) is 6.08. The summed E-state index contributed by atoms with van der Waals surface area (Å²) in [6.07, 6.45) is 7.17. The standard InChI is InChI=1S/C22H21F2N9O2.C14H13F2N3O2/c1-12(11-34)33-21(29-30-31-33)17-3-2-4-19(27-17)28-22(35)18-7-15(16(9-25-18)20(23)24)13-8-26-32(10-13)14-5-6-14;1-21-14(20)12-4-10(11(6-17-12)13(15)16)8-5-18-19(7-8)9-2-3-9/h2-4,7-10,12,14,20,34H,5-6,11H2,1H3,(H,27,28,35);4-7,9,13H,2-3H2,1H3/t12-;/m1./s1. The van der Waals surface area contributed by atoms with Crippen molar-refractivity contribution in [2.24, 2.45) is 0 Å². The first-order valence-corrected chi connectivity index (χ1v) is 17.5. The Balaban J connectivity index is 0.000000195. The molecule has 2 saturated carbocycles. The highest BCUT2D eigenvalue weighted by Gasteiger charge is 2.27. The van der Waals surface area contributed by atoms with Crippen molar-refractivity contribution in [3.63, 3.8) is 0 Å². The lowest BCUT2D eigenvalue weighted by atomic mass is 10.0. The summed E-state index contributed by atoms with van der Waals surface area (Å²) in [4.78, 5) is 36.5. The number of anilines is 1. The number of ether oxygens (including phenoxy) is 1. The summed E-state index contributed by atoms with van der Waals surface area (Å²) in [6.45, 7) is 1.57. The van der Waals surface area contributed by atoms with Crippen LogP contribution in [0.5, 0.6) is 0 Å². The molecule has 8 rings (SSSR count). The Morgan fingerprint density at radius 3 is 1.98 bits per heavy atom. The SMILES string of the molecule is COC(=O)c1cc(-c2cnn(C3CC3)c2)c(C(F)F)cn1.C[C@H](CO)n1nnnc1-c1cccc(NC(=O)c2cc(-c3cnn(C4CC4)c3)c(C(F)F)cn2)n1. The molecule has 0 saturated heterocycles. The monoisotopic (exact) mass is 774 g/mol. The van der Waals surface area contributed by atoms with E-state index in [1.165, 1.54) is 36.3 Å². The maximum atomic E-state index is 13.7. The Morgan fingerprint density at radius 2 is 1.45 bits per heavy atom. The highest BCUT2D eigenvalue weighted by Crippen LogP contribution is 2.38. The Labute approximate surface area is 315 Å². The maximum absolute atomic E-state index is 13.7. The van der Waals surface area contributed by atoms with Crippen LogP contribution in [0.15, 0.2) is 67.5 Å². The van der Waals surface area contributed by atoms with Gasteiger partial charge in [-0.05, 0) is 78.4 Å². The van der Waals surface area contributed by atoms with Crippen LogP contribution in [0, 0.1) is 0 Å². The lowest BCUT2D eigenvalue weighted by Crippen LogP contribution is -2.16. The fourth-order valence-electron chi connectivity index (χ4n) is 5.70. The zero-order valence-electron chi connectivity index (χ0n) is 29.9. The van der Waals surface area contributed by atoms with Crippen molar-refractivity contribution in [3.8, 4) is 33.8 Å². The van der Waals surface area contributed by atoms with Gasteiger partial charge in [0.1, 0.15) is 22.9 Å². The molecule has 20 heteroatoms. The number of esters is 1. The molecular formula is C36H34F4N12O4. The van der Waals surface area contributed by atoms with Crippen molar-refractivity contribution in [2.75, 3.05) is 19.0 Å². The molecule has 0 aliphatic heterocycles. The number of nitrogens with zero attached hydrogens (tertiary/aromatic N) is 11. The van der Waals surface area contributed by atoms with E-state index in [0.717, 1.165) is 38.1 Å². The lowest BCUT2D eigenvalue weighted by Gasteiger charge is -2.11. The first kappa shape index (κ1) is 37.9. The summed E-state index contributed by atoms with van der Waals surface area (Å²) >= 11 is 0. The average Bonchev–Trinajstić information content (AvgIpc) is 4.08. The van der Waals surface area contributed by atoms with Crippen LogP contribution in [0.4, 0.5) is 23.4 Å². The molecule has 290 valence electrons. The third kappa shape index (κ3) is 8.28. The van der Waals surface area contributed by atoms with E-state index in [9.17, 15) is 32.3 Å². The number of rotatable bonds is 12. The number of halogens is 4. The van der Waals surface area contributed by atoms with Crippen molar-refractivity contribution in [3.05, 3.63) is 90.0 Å². The van der Waals surface area contributed by atoms with Crippen molar-refractivity contribution >= 4 is 17.7 Å². The molecule has 6 aromatic heterocycles. The average molecular weight is 775 g/mol. The Bertz CT molecular complexity index is 2360. The molecular weight excluding hydrogens is 740 g/mol. The zero-order chi connectivity index (χ0) is 39.5. The molecule has 0 unspecified atom stereocenters. The van der Waals surface area contributed by atoms with Gasteiger partial charge in [-0.1, -0.05) is 6.07 Å². The number of aromatic nitrogens is 11. The van der Waals surface area contributed by atoms with E-state index in [1.54, 1.807) is 46.9 Å². The molecule has 0 aromatic carbocycles. The van der Waals surface area contributed by atoms with E-state index in [2.05, 4.69) is 50.7 Å². The smallest absolute Gasteiger partial charge is 0.356 e. The van der Waals surface area contributed by atoms with Gasteiger partial charge in [0, 0.05) is 47.0 Å². The van der Waals surface area contributed by atoms with Gasteiger partial charge < -0.3 is 15.2 Å². The molecule has 16 nitrogen and oxygen atoms in total. The van der Waals surface area contributed by atoms with Gasteiger partial charge in [0.15, 0.2) is 0 Å². The first-order valence-electron chi connectivity index (χ1n) is 17.5. The fraction of sp³-hybridized carbons (Fsp3) is 0.333. The summed E-state index contributed by atoms with van der Waals surface area (Å²) in [5.74, 6) is -0.764. The van der Waals surface area contributed by atoms with Gasteiger partial charge in [0.2, 0.25) is 5.82 Å². The number of hydrogen-bond acceptors (Lipinski definition) is 12. The van der Waals surface area contributed by atoms with E-state index in [0.29, 0.717) is 34.7 Å². The fourth-order valence-corrected chi connectivity index (χ4v) is 5.70. The molecule has 0 radical (unpaired) electrons. The Hall–Kier alpha value is -6.44. The first-order chi connectivity index (χ1) is 27.0. The molecule has 2 N–H and O–H groups in total. The summed E-state index contributed by atoms with van der Waals surface area (Å²) < 4.78 is 63.1. The van der Waals surface area contributed by atoms with Crippen molar-refractivity contribution in [2.45, 2.75) is 63.6 Å². The normalized spacial score (nSPS) is 14.4. The largest absolute Gasteiger partial charge is 0.464 e. The molecule has 1 atom stereocenters. The van der Waals surface area contributed by atoms with Gasteiger partial charge in [0.05, 0.1) is 44.2 Å². The predicted molar refractivity (Wildman–Crippen MR) is 190 cm³/mol. The topological polar surface area (TPSA) is 194 Å². The third-order valence-corrected chi connectivity index (χ3v) is 9.03. The second-order valence-corrected chi connectivity index (χ2v) is 13.1. The highest BCUT2D eigenvalue weighted by molar-refractivity contribution is 6.03. The van der Waals surface area contributed by atoms with Crippen LogP contribution in [0.1, 0.15) is 95.7 Å². The summed E-state index contributed by atoms with van der Waals surface area (Å²) in [6, 6.07) is 7.82. The molecule has 2 aliphatic carbocycles. The van der Waals surface area contributed by atoms with E-state index in [1.807, 2.05) is 0 Å². The van der Waals surface area contributed by atoms with Crippen LogP contribution in [-0.2, 0) is 4.74 Å². The number of methoxy groups -OCH3 is 1. The maximum Gasteiger partial charge on any atom is 0.356 e. The van der Waals surface area contributed by atoms with Crippen LogP contribution in [0.2, 0.25) is 0 Å². The van der Waals surface area contributed by atoms with E-state index in [-0.39, 0.29) is 52.1 Å². The number of tetrazole rings is 1. The summed E-state index contributed by atoms with van der Waals surface area (Å²) in [5, 5.41) is 31.9. The molecule has 2 aliphatic rings. The second-order valence-electron chi connectivity index (χ2n) is 13.1. The van der Waals surface area contributed by atoms with Crippen LogP contribution in [0.3, 0.4) is 0 Å². The van der Waals surface area contributed by atoms with Gasteiger partial charge >= 0.3 is 5.97 Å². The van der Waals surface area contributed by atoms with Gasteiger partial charge in [-0.15, -0.1) is 5.10 Å². The third-order valence-electron chi connectivity index (χ3n) is 9.03. The van der Waals surface area contributed by atoms with Gasteiger partial charge in [-0.25, -0.2) is 37.0 Å². The Kier molecular flexibility index (Phi) is 10.9. The minimum atomic E-state index is -2.76. The number of aliphatic hydroxyl groups is 1. The number of hydrogen-bond donors (Lipinski definition) is 2. The minimum Gasteiger partial charge on any atom is -0.464 e. The van der Waals surface area contributed by atoms with Crippen LogP contribution in [-0.4, -0.2) is 85.4 Å². The van der Waals surface area contributed by atoms with E-state index >= 15 is 0 Å². The molecule has 2 fully saturated rings. The molecule has 56 heavy (non-hydrogen) atoms. The zero-order valence-corrected chi connectivity index (χ0v) is 29.9. The van der Waals surface area contributed by atoms with Crippen molar-refractivity contribution < 1.29 is 37.0 Å². The van der Waals surface area contributed by atoms with Gasteiger partial charge in [0.25, 0.3) is 18.8 Å². The number of aliphatic hydroxyl groups excluding tert-OH is 1. The number of amides is 1. The second kappa shape index (κ2) is 16.1. The number of nitrogens with one attached hydrogen (secondary N) is 1. The van der Waals surface area contributed by atoms with Crippen LogP contribution in [0.25, 0.3) is 33.8 Å². The quantitative estimate of drug-likeness (QED) is 0.108.